The molecule has 1 unspecified atom stereocenters. The summed E-state index contributed by atoms with van der Waals surface area (Å²) in [7, 11) is 0. The van der Waals surface area contributed by atoms with E-state index in [1.165, 1.54) is 4.68 Å². The summed E-state index contributed by atoms with van der Waals surface area (Å²) < 4.78 is 11.7. The minimum Gasteiger partial charge on any atom is -0.476 e. The minimum atomic E-state index is -1.24. The number of aliphatic hydroxyl groups excluding tert-OH is 2. The lowest BCUT2D eigenvalue weighted by molar-refractivity contribution is 0.0690. The maximum absolute atomic E-state index is 11.3. The third kappa shape index (κ3) is 2.47. The molecule has 22 heavy (non-hydrogen) atoms. The van der Waals surface area contributed by atoms with Crippen molar-refractivity contribution in [2.24, 2.45) is 0 Å². The molecule has 0 bridgehead atoms. The fourth-order valence-corrected chi connectivity index (χ4v) is 2.17. The van der Waals surface area contributed by atoms with E-state index in [9.17, 15) is 15.0 Å². The van der Waals surface area contributed by atoms with Crippen LogP contribution in [-0.2, 0) is 6.54 Å². The van der Waals surface area contributed by atoms with Gasteiger partial charge in [0.2, 0.25) is 6.79 Å². The zero-order valence-corrected chi connectivity index (χ0v) is 11.3. The fraction of sp³-hybridized carbons (Fsp3) is 0.308. The Morgan fingerprint density at radius 1 is 1.36 bits per heavy atom. The first kappa shape index (κ1) is 14.3. The highest BCUT2D eigenvalue weighted by molar-refractivity contribution is 5.92. The predicted octanol–water partition coefficient (Wildman–Crippen LogP) is -0.275. The number of ether oxygens (including phenoxy) is 2. The van der Waals surface area contributed by atoms with Gasteiger partial charge in [-0.3, -0.25) is 0 Å². The molecule has 0 saturated heterocycles. The summed E-state index contributed by atoms with van der Waals surface area (Å²) in [5.41, 5.74) is 0.485. The number of rotatable bonds is 5. The van der Waals surface area contributed by atoms with Crippen LogP contribution >= 0.6 is 0 Å². The average Bonchev–Trinajstić information content (AvgIpc) is 3.12. The molecule has 0 aliphatic carbocycles. The molecular weight excluding hydrogens is 294 g/mol. The van der Waals surface area contributed by atoms with Gasteiger partial charge in [0.1, 0.15) is 5.69 Å². The fourth-order valence-electron chi connectivity index (χ4n) is 2.17. The molecule has 1 atom stereocenters. The van der Waals surface area contributed by atoms with Gasteiger partial charge < -0.3 is 24.8 Å². The zero-order valence-electron chi connectivity index (χ0n) is 11.3. The van der Waals surface area contributed by atoms with E-state index in [1.54, 1.807) is 18.2 Å². The highest BCUT2D eigenvalue weighted by atomic mass is 16.7. The molecule has 9 nitrogen and oxygen atoms in total. The first-order valence-electron chi connectivity index (χ1n) is 6.46. The van der Waals surface area contributed by atoms with E-state index in [1.807, 2.05) is 0 Å². The molecule has 0 amide bonds. The Balaban J connectivity index is 2.07. The smallest absolute Gasteiger partial charge is 0.358 e. The molecule has 1 aliphatic rings. The number of hydrogen-bond donors (Lipinski definition) is 3. The van der Waals surface area contributed by atoms with Crippen molar-refractivity contribution in [1.29, 1.82) is 0 Å². The Hall–Kier alpha value is -2.65. The summed E-state index contributed by atoms with van der Waals surface area (Å²) >= 11 is 0. The first-order chi connectivity index (χ1) is 10.6. The van der Waals surface area contributed by atoms with Crippen molar-refractivity contribution in [2.45, 2.75) is 12.6 Å². The second kappa shape index (κ2) is 5.62. The van der Waals surface area contributed by atoms with Crippen LogP contribution in [0, 0.1) is 0 Å². The van der Waals surface area contributed by atoms with Gasteiger partial charge in [0.15, 0.2) is 17.2 Å². The quantitative estimate of drug-likeness (QED) is 0.688. The van der Waals surface area contributed by atoms with E-state index in [4.69, 9.17) is 14.6 Å². The molecule has 1 aromatic carbocycles. The van der Waals surface area contributed by atoms with Crippen molar-refractivity contribution >= 4 is 5.97 Å². The lowest BCUT2D eigenvalue weighted by atomic mass is 10.1. The van der Waals surface area contributed by atoms with Gasteiger partial charge in [0, 0.05) is 5.56 Å². The average molecular weight is 307 g/mol. The Bertz CT molecular complexity index is 714. The van der Waals surface area contributed by atoms with E-state index in [-0.39, 0.29) is 24.7 Å². The van der Waals surface area contributed by atoms with Crippen molar-refractivity contribution in [3.05, 3.63) is 23.9 Å². The lowest BCUT2D eigenvalue weighted by Crippen LogP contribution is -2.21. The highest BCUT2D eigenvalue weighted by Crippen LogP contribution is 2.36. The third-order valence-electron chi connectivity index (χ3n) is 3.18. The molecule has 0 fully saturated rings. The predicted molar refractivity (Wildman–Crippen MR) is 71.6 cm³/mol. The molecule has 9 heteroatoms. The Morgan fingerprint density at radius 3 is 2.86 bits per heavy atom. The van der Waals surface area contributed by atoms with Gasteiger partial charge in [0.25, 0.3) is 0 Å². The van der Waals surface area contributed by atoms with Crippen LogP contribution in [0.5, 0.6) is 11.5 Å². The lowest BCUT2D eigenvalue weighted by Gasteiger charge is -2.11. The maximum atomic E-state index is 11.3. The van der Waals surface area contributed by atoms with Crippen LogP contribution in [0.1, 0.15) is 10.5 Å². The maximum Gasteiger partial charge on any atom is 0.358 e. The summed E-state index contributed by atoms with van der Waals surface area (Å²) in [6.45, 7) is -0.450. The molecule has 0 spiro atoms. The van der Waals surface area contributed by atoms with Crippen molar-refractivity contribution in [2.75, 3.05) is 13.4 Å². The van der Waals surface area contributed by atoms with Gasteiger partial charge in [-0.25, -0.2) is 9.48 Å². The zero-order chi connectivity index (χ0) is 15.7. The van der Waals surface area contributed by atoms with E-state index in [0.717, 1.165) is 0 Å². The van der Waals surface area contributed by atoms with Crippen LogP contribution < -0.4 is 9.47 Å². The van der Waals surface area contributed by atoms with Crippen LogP contribution in [0.4, 0.5) is 0 Å². The summed E-state index contributed by atoms with van der Waals surface area (Å²) in [6, 6.07) is 4.93. The largest absolute Gasteiger partial charge is 0.476 e. The van der Waals surface area contributed by atoms with Gasteiger partial charge in [-0.15, -0.1) is 5.10 Å². The number of carboxylic acid groups (broad SMARTS) is 1. The molecule has 2 aromatic rings. The van der Waals surface area contributed by atoms with Crippen LogP contribution in [-0.4, -0.2) is 55.8 Å². The summed E-state index contributed by atoms with van der Waals surface area (Å²) in [6.07, 6.45) is -1.07. The van der Waals surface area contributed by atoms with E-state index < -0.39 is 18.7 Å². The van der Waals surface area contributed by atoms with Crippen molar-refractivity contribution in [3.8, 4) is 22.8 Å². The molecule has 116 valence electrons. The van der Waals surface area contributed by atoms with Gasteiger partial charge in [-0.05, 0) is 18.2 Å². The second-order valence-corrected chi connectivity index (χ2v) is 4.68. The van der Waals surface area contributed by atoms with E-state index >= 15 is 0 Å². The van der Waals surface area contributed by atoms with Crippen LogP contribution in [0.25, 0.3) is 11.3 Å². The number of hydrogen-bond acceptors (Lipinski definition) is 7. The molecule has 0 saturated carbocycles. The summed E-state index contributed by atoms with van der Waals surface area (Å²) in [5.74, 6) is -0.184. The number of carboxylic acids is 1. The molecule has 3 rings (SSSR count). The number of aromatic carboxylic acids is 1. The standard InChI is InChI=1S/C13H13N3O6/c17-5-8(18)4-16-12(11(13(19)20)14-15-16)7-1-2-9-10(3-7)22-6-21-9/h1-3,8,17-18H,4-6H2,(H,19,20). The molecule has 3 N–H and O–H groups in total. The van der Waals surface area contributed by atoms with Gasteiger partial charge in [-0.1, -0.05) is 5.21 Å². The summed E-state index contributed by atoms with van der Waals surface area (Å²) in [4.78, 5) is 11.3. The second-order valence-electron chi connectivity index (χ2n) is 4.68. The van der Waals surface area contributed by atoms with Gasteiger partial charge >= 0.3 is 5.97 Å². The Kier molecular flexibility index (Phi) is 3.65. The van der Waals surface area contributed by atoms with Crippen LogP contribution in [0.3, 0.4) is 0 Å². The number of nitrogens with zero attached hydrogens (tertiary/aromatic N) is 3. The van der Waals surface area contributed by atoms with Crippen molar-refractivity contribution in [1.82, 2.24) is 15.0 Å². The minimum absolute atomic E-state index is 0.0828. The normalized spacial score (nSPS) is 14.1. The number of carbonyl (C=O) groups is 1. The third-order valence-corrected chi connectivity index (χ3v) is 3.18. The molecule has 1 aromatic heterocycles. The Labute approximate surface area is 124 Å². The Morgan fingerprint density at radius 2 is 2.14 bits per heavy atom. The number of aromatic nitrogens is 3. The van der Waals surface area contributed by atoms with Crippen molar-refractivity contribution < 1.29 is 29.6 Å². The number of benzene rings is 1. The SMILES string of the molecule is O=C(O)c1nnn(CC(O)CO)c1-c1ccc2c(c1)OCO2. The topological polar surface area (TPSA) is 127 Å². The van der Waals surface area contributed by atoms with Crippen LogP contribution in [0.2, 0.25) is 0 Å². The molecule has 1 aliphatic heterocycles. The van der Waals surface area contributed by atoms with Gasteiger partial charge in [0.05, 0.1) is 19.3 Å². The van der Waals surface area contributed by atoms with Crippen LogP contribution in [0.15, 0.2) is 18.2 Å². The number of fused-ring (bicyclic) bond motifs is 1. The van der Waals surface area contributed by atoms with E-state index in [0.29, 0.717) is 17.1 Å². The summed E-state index contributed by atoms with van der Waals surface area (Å²) in [5, 5.41) is 35.1. The van der Waals surface area contributed by atoms with E-state index in [2.05, 4.69) is 10.3 Å². The molecule has 0 radical (unpaired) electrons. The number of aliphatic hydroxyl groups is 2. The first-order valence-corrected chi connectivity index (χ1v) is 6.46. The molecule has 2 heterocycles. The highest BCUT2D eigenvalue weighted by Gasteiger charge is 2.24. The molecular formula is C13H13N3O6. The van der Waals surface area contributed by atoms with Crippen molar-refractivity contribution in [3.63, 3.8) is 0 Å². The van der Waals surface area contributed by atoms with Gasteiger partial charge in [-0.2, -0.15) is 0 Å². The monoisotopic (exact) mass is 307 g/mol.